The standard InChI is InChI=1S/C11H15FN2O3/c1-4-5-8-13-7(2)10(12)11(16)14(8)6-9(15)17-3/h4-6H2,1-3H3. The van der Waals surface area contributed by atoms with Crippen molar-refractivity contribution in [2.24, 2.45) is 0 Å². The molecule has 0 aliphatic heterocycles. The molecular formula is C11H15FN2O3. The van der Waals surface area contributed by atoms with Crippen molar-refractivity contribution >= 4 is 5.97 Å². The van der Waals surface area contributed by atoms with Crippen LogP contribution in [0.1, 0.15) is 24.9 Å². The fourth-order valence-corrected chi connectivity index (χ4v) is 1.46. The lowest BCUT2D eigenvalue weighted by atomic mass is 10.3. The van der Waals surface area contributed by atoms with Crippen LogP contribution in [0.3, 0.4) is 0 Å². The fourth-order valence-electron chi connectivity index (χ4n) is 1.46. The summed E-state index contributed by atoms with van der Waals surface area (Å²) in [5.74, 6) is -1.12. The molecule has 0 aromatic carbocycles. The molecule has 1 rings (SSSR count). The third-order valence-electron chi connectivity index (χ3n) is 2.35. The molecule has 0 amide bonds. The first-order valence-electron chi connectivity index (χ1n) is 5.33. The third kappa shape index (κ3) is 2.89. The van der Waals surface area contributed by atoms with Crippen LogP contribution >= 0.6 is 0 Å². The number of methoxy groups -OCH3 is 1. The average Bonchev–Trinajstić information content (AvgIpc) is 2.31. The number of nitrogens with zero attached hydrogens (tertiary/aromatic N) is 2. The molecule has 0 aliphatic rings. The Labute approximate surface area is 98.2 Å². The molecule has 0 atom stereocenters. The van der Waals surface area contributed by atoms with E-state index in [4.69, 9.17) is 0 Å². The van der Waals surface area contributed by atoms with E-state index in [-0.39, 0.29) is 12.2 Å². The minimum Gasteiger partial charge on any atom is -0.468 e. The van der Waals surface area contributed by atoms with E-state index >= 15 is 0 Å². The van der Waals surface area contributed by atoms with Crippen molar-refractivity contribution in [2.45, 2.75) is 33.2 Å². The Morgan fingerprint density at radius 1 is 1.53 bits per heavy atom. The number of ether oxygens (including phenoxy) is 1. The lowest BCUT2D eigenvalue weighted by molar-refractivity contribution is -0.141. The van der Waals surface area contributed by atoms with Crippen molar-refractivity contribution in [3.63, 3.8) is 0 Å². The fraction of sp³-hybridized carbons (Fsp3) is 0.545. The smallest absolute Gasteiger partial charge is 0.325 e. The number of aromatic nitrogens is 2. The van der Waals surface area contributed by atoms with E-state index in [9.17, 15) is 14.0 Å². The van der Waals surface area contributed by atoms with Gasteiger partial charge in [0.2, 0.25) is 5.82 Å². The van der Waals surface area contributed by atoms with Gasteiger partial charge in [0.15, 0.2) is 0 Å². The van der Waals surface area contributed by atoms with Gasteiger partial charge in [0.25, 0.3) is 5.56 Å². The normalized spacial score (nSPS) is 10.4. The number of carbonyl (C=O) groups excluding carboxylic acids is 1. The lowest BCUT2D eigenvalue weighted by Gasteiger charge is -2.11. The second kappa shape index (κ2) is 5.56. The van der Waals surface area contributed by atoms with Gasteiger partial charge in [0.05, 0.1) is 12.8 Å². The maximum Gasteiger partial charge on any atom is 0.325 e. The van der Waals surface area contributed by atoms with Gasteiger partial charge in [-0.2, -0.15) is 4.39 Å². The van der Waals surface area contributed by atoms with Gasteiger partial charge in [-0.1, -0.05) is 6.92 Å². The maximum absolute atomic E-state index is 13.4. The zero-order valence-corrected chi connectivity index (χ0v) is 10.1. The van der Waals surface area contributed by atoms with Crippen LogP contribution in [0.5, 0.6) is 0 Å². The molecule has 0 N–H and O–H groups in total. The first kappa shape index (κ1) is 13.3. The summed E-state index contributed by atoms with van der Waals surface area (Å²) in [6.07, 6.45) is 1.26. The Hall–Kier alpha value is -1.72. The zero-order chi connectivity index (χ0) is 13.0. The van der Waals surface area contributed by atoms with Gasteiger partial charge < -0.3 is 4.74 Å². The monoisotopic (exact) mass is 242 g/mol. The molecule has 0 saturated heterocycles. The summed E-state index contributed by atoms with van der Waals surface area (Å²) in [6.45, 7) is 3.03. The first-order valence-corrected chi connectivity index (χ1v) is 5.33. The van der Waals surface area contributed by atoms with Crippen molar-refractivity contribution in [1.82, 2.24) is 9.55 Å². The average molecular weight is 242 g/mol. The molecule has 17 heavy (non-hydrogen) atoms. The van der Waals surface area contributed by atoms with E-state index in [2.05, 4.69) is 9.72 Å². The summed E-state index contributed by atoms with van der Waals surface area (Å²) in [5, 5.41) is 0. The number of hydrogen-bond acceptors (Lipinski definition) is 4. The number of rotatable bonds is 4. The molecule has 0 aliphatic carbocycles. The molecule has 1 aromatic rings. The van der Waals surface area contributed by atoms with E-state index in [1.54, 1.807) is 0 Å². The number of esters is 1. The summed E-state index contributed by atoms with van der Waals surface area (Å²) in [5.41, 5.74) is -0.772. The Bertz CT molecular complexity index is 482. The second-order valence-corrected chi connectivity index (χ2v) is 3.64. The second-order valence-electron chi connectivity index (χ2n) is 3.64. The predicted octanol–water partition coefficient (Wildman–Crippen LogP) is 0.816. The SMILES string of the molecule is CCCc1nc(C)c(F)c(=O)n1CC(=O)OC. The molecule has 0 radical (unpaired) electrons. The molecular weight excluding hydrogens is 227 g/mol. The summed E-state index contributed by atoms with van der Waals surface area (Å²) >= 11 is 0. The summed E-state index contributed by atoms with van der Waals surface area (Å²) < 4.78 is 18.9. The highest BCUT2D eigenvalue weighted by atomic mass is 19.1. The van der Waals surface area contributed by atoms with Gasteiger partial charge in [0.1, 0.15) is 12.4 Å². The Balaban J connectivity index is 3.28. The van der Waals surface area contributed by atoms with Crippen LogP contribution in [0.25, 0.3) is 0 Å². The van der Waals surface area contributed by atoms with Gasteiger partial charge >= 0.3 is 5.97 Å². The maximum atomic E-state index is 13.4. The Morgan fingerprint density at radius 2 is 2.18 bits per heavy atom. The van der Waals surface area contributed by atoms with Crippen LogP contribution in [0.4, 0.5) is 4.39 Å². The summed E-state index contributed by atoms with van der Waals surface area (Å²) in [7, 11) is 1.21. The molecule has 0 bridgehead atoms. The molecule has 0 fully saturated rings. The molecule has 0 spiro atoms. The van der Waals surface area contributed by atoms with Crippen LogP contribution in [0, 0.1) is 12.7 Å². The van der Waals surface area contributed by atoms with Crippen LogP contribution in [0.15, 0.2) is 4.79 Å². The van der Waals surface area contributed by atoms with Crippen molar-refractivity contribution < 1.29 is 13.9 Å². The topological polar surface area (TPSA) is 61.2 Å². The van der Waals surface area contributed by atoms with Crippen LogP contribution in [-0.2, 0) is 22.5 Å². The summed E-state index contributed by atoms with van der Waals surface area (Å²) in [6, 6.07) is 0. The molecule has 1 aromatic heterocycles. The number of hydrogen-bond donors (Lipinski definition) is 0. The summed E-state index contributed by atoms with van der Waals surface area (Å²) in [4.78, 5) is 26.8. The highest BCUT2D eigenvalue weighted by Crippen LogP contribution is 2.03. The van der Waals surface area contributed by atoms with Gasteiger partial charge in [0, 0.05) is 6.42 Å². The molecule has 94 valence electrons. The quantitative estimate of drug-likeness (QED) is 0.733. The van der Waals surface area contributed by atoms with Crippen LogP contribution in [0.2, 0.25) is 0 Å². The van der Waals surface area contributed by atoms with Gasteiger partial charge in [-0.15, -0.1) is 0 Å². The van der Waals surface area contributed by atoms with Crippen LogP contribution in [-0.4, -0.2) is 22.6 Å². The van der Waals surface area contributed by atoms with Gasteiger partial charge in [-0.05, 0) is 13.3 Å². The number of aryl methyl sites for hydroxylation is 2. The molecule has 5 nitrogen and oxygen atoms in total. The molecule has 1 heterocycles. The van der Waals surface area contributed by atoms with Crippen molar-refractivity contribution in [3.8, 4) is 0 Å². The minimum absolute atomic E-state index is 0.0552. The Morgan fingerprint density at radius 3 is 2.71 bits per heavy atom. The van der Waals surface area contributed by atoms with Crippen LogP contribution < -0.4 is 5.56 Å². The van der Waals surface area contributed by atoms with E-state index in [1.807, 2.05) is 6.92 Å². The van der Waals surface area contributed by atoms with E-state index in [0.29, 0.717) is 12.2 Å². The number of carbonyl (C=O) groups is 1. The van der Waals surface area contributed by atoms with Gasteiger partial charge in [-0.25, -0.2) is 4.98 Å². The first-order chi connectivity index (χ1) is 8.01. The largest absolute Gasteiger partial charge is 0.468 e. The lowest BCUT2D eigenvalue weighted by Crippen LogP contribution is -2.32. The van der Waals surface area contributed by atoms with Crippen molar-refractivity contribution in [1.29, 1.82) is 0 Å². The zero-order valence-electron chi connectivity index (χ0n) is 10.1. The van der Waals surface area contributed by atoms with Crippen molar-refractivity contribution in [3.05, 3.63) is 27.7 Å². The molecule has 6 heteroatoms. The van der Waals surface area contributed by atoms with E-state index < -0.39 is 17.3 Å². The number of halogens is 1. The third-order valence-corrected chi connectivity index (χ3v) is 2.35. The van der Waals surface area contributed by atoms with Crippen molar-refractivity contribution in [2.75, 3.05) is 7.11 Å². The highest BCUT2D eigenvalue weighted by Gasteiger charge is 2.15. The minimum atomic E-state index is -0.922. The highest BCUT2D eigenvalue weighted by molar-refractivity contribution is 5.69. The Kier molecular flexibility index (Phi) is 4.37. The molecule has 0 saturated carbocycles. The molecule has 0 unspecified atom stereocenters. The van der Waals surface area contributed by atoms with E-state index in [0.717, 1.165) is 11.0 Å². The van der Waals surface area contributed by atoms with E-state index in [1.165, 1.54) is 14.0 Å². The predicted molar refractivity (Wildman–Crippen MR) is 59.2 cm³/mol. The van der Waals surface area contributed by atoms with Gasteiger partial charge in [-0.3, -0.25) is 14.2 Å².